The predicted molar refractivity (Wildman–Crippen MR) is 77.2 cm³/mol. The van der Waals surface area contributed by atoms with Crippen molar-refractivity contribution < 1.29 is 0 Å². The van der Waals surface area contributed by atoms with Crippen LogP contribution in [-0.2, 0) is 0 Å². The van der Waals surface area contributed by atoms with Crippen LogP contribution in [0.5, 0.6) is 0 Å². The molecule has 1 aliphatic carbocycles. The molecule has 0 radical (unpaired) electrons. The van der Waals surface area contributed by atoms with Gasteiger partial charge in [0.1, 0.15) is 16.3 Å². The maximum Gasteiger partial charge on any atom is 0.564 e. The van der Waals surface area contributed by atoms with Gasteiger partial charge in [-0.05, 0) is 18.2 Å². The molecule has 1 aromatic rings. The van der Waals surface area contributed by atoms with Gasteiger partial charge in [-0.3, -0.25) is 0 Å². The normalized spacial score (nSPS) is 23.5. The van der Waals surface area contributed by atoms with Crippen molar-refractivity contribution in [3.63, 3.8) is 0 Å². The van der Waals surface area contributed by atoms with Gasteiger partial charge in [0.15, 0.2) is 0 Å². The molecule has 2 rings (SSSR count). The summed E-state index contributed by atoms with van der Waals surface area (Å²) in [4.78, 5) is 0. The van der Waals surface area contributed by atoms with Crippen LogP contribution >= 0.6 is 63.4 Å². The second kappa shape index (κ2) is 6.51. The predicted octanol–water partition coefficient (Wildman–Crippen LogP) is 5.21. The van der Waals surface area contributed by atoms with Gasteiger partial charge in [-0.2, -0.15) is 0 Å². The zero-order chi connectivity index (χ0) is 12.3. The van der Waals surface area contributed by atoms with E-state index in [9.17, 15) is 0 Å². The van der Waals surface area contributed by atoms with Crippen molar-refractivity contribution in [2.75, 3.05) is 0 Å². The first-order valence-electron chi connectivity index (χ1n) is 4.38. The van der Waals surface area contributed by atoms with Crippen molar-refractivity contribution in [2.24, 2.45) is 0 Å². The molecule has 0 aromatic heterocycles. The lowest BCUT2D eigenvalue weighted by atomic mass is 10.1. The lowest BCUT2D eigenvalue weighted by Gasteiger charge is -1.97. The Morgan fingerprint density at radius 2 is 1.25 bits per heavy atom. The SMILES string of the molecule is ClC1[C+](c2ccccc2)C1Cl.[Cl][Al-]([Cl])([Cl])[Cl]. The van der Waals surface area contributed by atoms with Crippen molar-refractivity contribution >= 4 is 72.8 Å². The Labute approximate surface area is 124 Å². The molecule has 2 atom stereocenters. The number of rotatable bonds is 1. The molecule has 0 aliphatic heterocycles. The first-order chi connectivity index (χ1) is 7.30. The van der Waals surface area contributed by atoms with Crippen LogP contribution in [0, 0.1) is 5.92 Å². The molecule has 0 N–H and O–H groups in total. The largest absolute Gasteiger partial charge is 0.564 e. The van der Waals surface area contributed by atoms with E-state index in [1.165, 1.54) is 5.56 Å². The Bertz CT molecular complexity index is 311. The molecule has 0 amide bonds. The highest BCUT2D eigenvalue weighted by molar-refractivity contribution is 7.81. The van der Waals surface area contributed by atoms with Crippen LogP contribution in [-0.4, -0.2) is 20.1 Å². The molecule has 16 heavy (non-hydrogen) atoms. The number of hydrogen-bond acceptors (Lipinski definition) is 0. The highest BCUT2D eigenvalue weighted by atomic mass is 35.9. The van der Waals surface area contributed by atoms with Gasteiger partial charge in [0.25, 0.3) is 0 Å². The highest BCUT2D eigenvalue weighted by Gasteiger charge is 2.56. The van der Waals surface area contributed by atoms with E-state index in [2.05, 4.69) is 0 Å². The van der Waals surface area contributed by atoms with Crippen LogP contribution in [0.1, 0.15) is 5.56 Å². The monoisotopic (exact) mass is 352 g/mol. The zero-order valence-corrected chi connectivity index (χ0v) is 13.6. The molecule has 7 heteroatoms. The number of benzene rings is 1. The van der Waals surface area contributed by atoms with Gasteiger partial charge in [-0.25, -0.2) is 0 Å². The smallest absolute Gasteiger partial charge is 0.391 e. The first kappa shape index (κ1) is 15.4. The average molecular weight is 355 g/mol. The van der Waals surface area contributed by atoms with Crippen molar-refractivity contribution in [3.05, 3.63) is 41.8 Å². The lowest BCUT2D eigenvalue weighted by molar-refractivity contribution is 1.41. The quantitative estimate of drug-likeness (QED) is 0.369. The van der Waals surface area contributed by atoms with Crippen molar-refractivity contribution in [3.8, 4) is 0 Å². The molecule has 1 saturated carbocycles. The van der Waals surface area contributed by atoms with Crippen LogP contribution in [0.25, 0.3) is 0 Å². The summed E-state index contributed by atoms with van der Waals surface area (Å²) < 4.78 is 0. The summed E-state index contributed by atoms with van der Waals surface area (Å²) in [5, 5.41) is 0.109. The molecule has 0 spiro atoms. The Kier molecular flexibility index (Phi) is 6.27. The Morgan fingerprint density at radius 3 is 1.56 bits per heavy atom. The van der Waals surface area contributed by atoms with Crippen LogP contribution in [0.15, 0.2) is 30.3 Å². The molecule has 1 fully saturated rings. The third-order valence-corrected chi connectivity index (χ3v) is 2.95. The van der Waals surface area contributed by atoms with Crippen molar-refractivity contribution in [1.29, 1.82) is 0 Å². The van der Waals surface area contributed by atoms with E-state index >= 15 is 0 Å². The van der Waals surface area contributed by atoms with Gasteiger partial charge in [0, 0.05) is 12.1 Å². The Hall–Kier alpha value is 1.36. The van der Waals surface area contributed by atoms with E-state index in [1.54, 1.807) is 0 Å². The minimum Gasteiger partial charge on any atom is -0.391 e. The summed E-state index contributed by atoms with van der Waals surface area (Å²) in [6.07, 6.45) is 0. The molecule has 88 valence electrons. The topological polar surface area (TPSA) is 0 Å². The van der Waals surface area contributed by atoms with Gasteiger partial charge < -0.3 is 40.2 Å². The van der Waals surface area contributed by atoms with E-state index in [0.29, 0.717) is 0 Å². The minimum absolute atomic E-state index is 0.0547. The Morgan fingerprint density at radius 1 is 0.875 bits per heavy atom. The Balaban J connectivity index is 0.000000221. The summed E-state index contributed by atoms with van der Waals surface area (Å²) in [5.74, 6) is 1.16. The summed E-state index contributed by atoms with van der Waals surface area (Å²) in [7, 11) is 17.0. The third-order valence-electron chi connectivity index (χ3n) is 1.85. The van der Waals surface area contributed by atoms with E-state index in [-0.39, 0.29) is 10.8 Å². The summed E-state index contributed by atoms with van der Waals surface area (Å²) >= 11 is 11.7. The molecular weight excluding hydrogens is 348 g/mol. The second-order valence-corrected chi connectivity index (χ2v) is 16.9. The van der Waals surface area contributed by atoms with Crippen LogP contribution in [0.3, 0.4) is 0 Å². The van der Waals surface area contributed by atoms with Gasteiger partial charge in [0.2, 0.25) is 0 Å². The van der Waals surface area contributed by atoms with Crippen LogP contribution in [0.2, 0.25) is 0 Å². The second-order valence-electron chi connectivity index (χ2n) is 3.12. The fourth-order valence-corrected chi connectivity index (χ4v) is 1.86. The molecule has 0 saturated heterocycles. The third kappa shape index (κ3) is 5.81. The maximum absolute atomic E-state index is 5.87. The summed E-state index contributed by atoms with van der Waals surface area (Å²) in [6.45, 7) is 0. The summed E-state index contributed by atoms with van der Waals surface area (Å²) in [6, 6.07) is 10.0. The molecule has 0 bridgehead atoms. The van der Waals surface area contributed by atoms with Gasteiger partial charge in [0.05, 0.1) is 5.92 Å². The van der Waals surface area contributed by atoms with Crippen molar-refractivity contribution in [1.82, 2.24) is 0 Å². The number of halogens is 6. The van der Waals surface area contributed by atoms with Crippen molar-refractivity contribution in [2.45, 2.75) is 10.8 Å². The lowest BCUT2D eigenvalue weighted by Crippen LogP contribution is -1.91. The zero-order valence-electron chi connectivity index (χ0n) is 7.89. The van der Waals surface area contributed by atoms with E-state index in [1.807, 2.05) is 30.3 Å². The molecule has 2 unspecified atom stereocenters. The standard InChI is InChI=1S/C9H7Cl2.Al.4ClH/c10-8-7(9(8)11)6-4-2-1-3-5-6;;;;;/h1-5,8-9H;;4*1H/q+1;+3;;;;/p-4. The molecule has 1 aromatic carbocycles. The number of alkyl halides is 2. The summed E-state index contributed by atoms with van der Waals surface area (Å²) in [5.41, 5.74) is 1.17. The van der Waals surface area contributed by atoms with E-state index in [4.69, 9.17) is 63.4 Å². The highest BCUT2D eigenvalue weighted by Crippen LogP contribution is 2.48. The van der Waals surface area contributed by atoms with Gasteiger partial charge in [-0.15, -0.1) is 0 Å². The maximum atomic E-state index is 5.87. The van der Waals surface area contributed by atoms with E-state index < -0.39 is 9.39 Å². The fourth-order valence-electron chi connectivity index (χ4n) is 1.15. The average Bonchev–Trinajstić information content (AvgIpc) is 2.73. The molecule has 0 heterocycles. The molecule has 1 aliphatic rings. The first-order valence-corrected chi connectivity index (χ1v) is 12.2. The number of hydrogen-bond donors (Lipinski definition) is 0. The fraction of sp³-hybridized carbons (Fsp3) is 0.222. The van der Waals surface area contributed by atoms with E-state index in [0.717, 1.165) is 5.92 Å². The van der Waals surface area contributed by atoms with Gasteiger partial charge >= 0.3 is 9.39 Å². The molecule has 0 nitrogen and oxygen atoms in total. The minimum atomic E-state index is -2.94. The van der Waals surface area contributed by atoms with Gasteiger partial charge in [-0.1, -0.05) is 23.2 Å². The van der Waals surface area contributed by atoms with Crippen LogP contribution in [0.4, 0.5) is 0 Å². The molecular formula is C9H7AlCl6. The van der Waals surface area contributed by atoms with Crippen LogP contribution < -0.4 is 0 Å².